The summed E-state index contributed by atoms with van der Waals surface area (Å²) in [5.41, 5.74) is 0. The fourth-order valence-corrected chi connectivity index (χ4v) is 7.22. The van der Waals surface area contributed by atoms with Gasteiger partial charge in [0.1, 0.15) is 0 Å². The van der Waals surface area contributed by atoms with Crippen LogP contribution in [0.2, 0.25) is 6.04 Å². The first-order valence-electron chi connectivity index (χ1n) is 9.79. The topological polar surface area (TPSA) is 44.8 Å². The lowest BCUT2D eigenvalue weighted by Gasteiger charge is -2.28. The van der Waals surface area contributed by atoms with E-state index >= 15 is 0 Å². The molecule has 0 aromatic carbocycles. The van der Waals surface area contributed by atoms with Crippen molar-refractivity contribution in [1.29, 1.82) is 0 Å². The molecule has 0 fully saturated rings. The molecule has 0 aliphatic rings. The zero-order chi connectivity index (χ0) is 18.8. The maximum Gasteiger partial charge on any atom is 0.500 e. The molecule has 0 bridgehead atoms. The summed E-state index contributed by atoms with van der Waals surface area (Å²) in [6.45, 7) is 10.1. The maximum atomic E-state index is 11.8. The molecule has 0 atom stereocenters. The van der Waals surface area contributed by atoms with Crippen LogP contribution in [0.5, 0.6) is 0 Å². The third-order valence-corrected chi connectivity index (χ3v) is 9.00. The molecule has 0 saturated carbocycles. The minimum absolute atomic E-state index is 0.354. The third-order valence-electron chi connectivity index (χ3n) is 3.59. The van der Waals surface area contributed by atoms with Crippen LogP contribution in [0, 0.1) is 0 Å². The Morgan fingerprint density at radius 3 is 2.00 bits per heavy atom. The van der Waals surface area contributed by atoms with E-state index in [1.165, 1.54) is 31.0 Å². The van der Waals surface area contributed by atoms with Gasteiger partial charge in [-0.15, -0.1) is 0 Å². The van der Waals surface area contributed by atoms with Gasteiger partial charge < -0.3 is 13.3 Å². The van der Waals surface area contributed by atoms with Crippen LogP contribution in [0.25, 0.3) is 0 Å². The van der Waals surface area contributed by atoms with Crippen LogP contribution in [-0.2, 0) is 18.1 Å². The maximum absolute atomic E-state index is 11.8. The van der Waals surface area contributed by atoms with Gasteiger partial charge in [-0.25, -0.2) is 0 Å². The van der Waals surface area contributed by atoms with Crippen LogP contribution in [0.4, 0.5) is 0 Å². The molecule has 0 heterocycles. The van der Waals surface area contributed by atoms with Gasteiger partial charge in [-0.2, -0.15) is 11.8 Å². The Balaban J connectivity index is 3.76. The smallest absolute Gasteiger partial charge is 0.374 e. The average Bonchev–Trinajstić information content (AvgIpc) is 2.58. The van der Waals surface area contributed by atoms with Crippen LogP contribution in [0.1, 0.15) is 66.2 Å². The van der Waals surface area contributed by atoms with Gasteiger partial charge >= 0.3 is 8.80 Å². The van der Waals surface area contributed by atoms with Gasteiger partial charge in [0.25, 0.3) is 0 Å². The minimum atomic E-state index is -2.48. The Bertz CT molecular complexity index is 302. The lowest BCUT2D eigenvalue weighted by atomic mass is 10.2. The van der Waals surface area contributed by atoms with Gasteiger partial charge in [-0.05, 0) is 39.4 Å². The standard InChI is InChI=1S/C18H38O4S2Si/c1-5-9-10-11-13-18(19)24-16-15-23-14-12-17-25(20-6-2,21-7-3)22-8-4/h5-17H2,1-4H3. The molecule has 0 amide bonds. The molecule has 0 aliphatic heterocycles. The summed E-state index contributed by atoms with van der Waals surface area (Å²) in [6, 6.07) is 0.874. The number of hydrogen-bond donors (Lipinski definition) is 0. The Labute approximate surface area is 164 Å². The number of carbonyl (C=O) groups is 1. The van der Waals surface area contributed by atoms with E-state index < -0.39 is 8.80 Å². The monoisotopic (exact) mass is 410 g/mol. The molecule has 0 radical (unpaired) electrons. The summed E-state index contributed by atoms with van der Waals surface area (Å²) in [5.74, 6) is 3.01. The second kappa shape index (κ2) is 17.9. The lowest BCUT2D eigenvalue weighted by molar-refractivity contribution is -0.111. The van der Waals surface area contributed by atoms with E-state index in [1.807, 2.05) is 32.5 Å². The molecule has 150 valence electrons. The van der Waals surface area contributed by atoms with Gasteiger partial charge in [-0.1, -0.05) is 37.9 Å². The largest absolute Gasteiger partial charge is 0.500 e. The molecule has 25 heavy (non-hydrogen) atoms. The summed E-state index contributed by atoms with van der Waals surface area (Å²) in [5, 5.41) is 0.354. The molecule has 4 nitrogen and oxygen atoms in total. The number of thioether (sulfide) groups is 2. The fourth-order valence-electron chi connectivity index (χ4n) is 2.48. The van der Waals surface area contributed by atoms with Crippen LogP contribution >= 0.6 is 23.5 Å². The first kappa shape index (κ1) is 25.5. The number of carbonyl (C=O) groups excluding carboxylic acids is 1. The van der Waals surface area contributed by atoms with Crippen LogP contribution in [0.3, 0.4) is 0 Å². The summed E-state index contributed by atoms with van der Waals surface area (Å²) < 4.78 is 17.6. The van der Waals surface area contributed by atoms with Gasteiger partial charge in [-0.3, -0.25) is 4.79 Å². The van der Waals surface area contributed by atoms with Crippen LogP contribution in [0.15, 0.2) is 0 Å². The number of hydrogen-bond acceptors (Lipinski definition) is 6. The summed E-state index contributed by atoms with van der Waals surface area (Å²) in [4.78, 5) is 11.8. The predicted octanol–water partition coefficient (Wildman–Crippen LogP) is 5.39. The van der Waals surface area contributed by atoms with Crippen molar-refractivity contribution in [3.8, 4) is 0 Å². The average molecular weight is 411 g/mol. The second-order valence-electron chi connectivity index (χ2n) is 5.73. The highest BCUT2D eigenvalue weighted by Crippen LogP contribution is 2.20. The van der Waals surface area contributed by atoms with Crippen molar-refractivity contribution in [2.45, 2.75) is 72.3 Å². The van der Waals surface area contributed by atoms with Crippen molar-refractivity contribution in [2.75, 3.05) is 37.1 Å². The molecule has 0 N–H and O–H groups in total. The van der Waals surface area contributed by atoms with Crippen molar-refractivity contribution in [3.05, 3.63) is 0 Å². The van der Waals surface area contributed by atoms with Crippen LogP contribution in [-0.4, -0.2) is 51.0 Å². The summed E-state index contributed by atoms with van der Waals surface area (Å²) >= 11 is 3.40. The molecule has 0 aromatic heterocycles. The molecule has 0 aliphatic carbocycles. The number of unbranched alkanes of at least 4 members (excludes halogenated alkanes) is 3. The molecule has 0 saturated heterocycles. The Kier molecular flexibility index (Phi) is 18.2. The summed E-state index contributed by atoms with van der Waals surface area (Å²) in [7, 11) is -2.48. The first-order chi connectivity index (χ1) is 12.1. The Morgan fingerprint density at radius 1 is 0.800 bits per heavy atom. The second-order valence-corrected chi connectivity index (χ2v) is 10.8. The quantitative estimate of drug-likeness (QED) is 0.223. The van der Waals surface area contributed by atoms with E-state index in [0.717, 1.165) is 42.6 Å². The van der Waals surface area contributed by atoms with Gasteiger partial charge in [0.15, 0.2) is 5.12 Å². The van der Waals surface area contributed by atoms with Gasteiger partial charge in [0, 0.05) is 43.8 Å². The van der Waals surface area contributed by atoms with Crippen molar-refractivity contribution >= 4 is 37.4 Å². The van der Waals surface area contributed by atoms with E-state index in [4.69, 9.17) is 13.3 Å². The molecule has 0 aromatic rings. The van der Waals surface area contributed by atoms with Crippen LogP contribution < -0.4 is 0 Å². The molecule has 0 rings (SSSR count). The zero-order valence-corrected chi connectivity index (χ0v) is 19.3. The molecule has 7 heteroatoms. The van der Waals surface area contributed by atoms with E-state index in [1.54, 1.807) is 0 Å². The highest BCUT2D eigenvalue weighted by atomic mass is 32.2. The zero-order valence-electron chi connectivity index (χ0n) is 16.6. The van der Waals surface area contributed by atoms with E-state index in [2.05, 4.69) is 6.92 Å². The first-order valence-corrected chi connectivity index (χ1v) is 13.9. The van der Waals surface area contributed by atoms with Gasteiger partial charge in [0.05, 0.1) is 0 Å². The number of rotatable bonds is 18. The lowest BCUT2D eigenvalue weighted by Crippen LogP contribution is -2.46. The van der Waals surface area contributed by atoms with E-state index in [0.29, 0.717) is 24.9 Å². The molecular weight excluding hydrogens is 372 g/mol. The Morgan fingerprint density at radius 2 is 1.44 bits per heavy atom. The Hall–Kier alpha value is 0.467. The van der Waals surface area contributed by atoms with Crippen molar-refractivity contribution in [1.82, 2.24) is 0 Å². The molecular formula is C18H38O4S2Si. The van der Waals surface area contributed by atoms with Gasteiger partial charge in [0.2, 0.25) is 0 Å². The molecule has 0 spiro atoms. The van der Waals surface area contributed by atoms with E-state index in [9.17, 15) is 4.79 Å². The van der Waals surface area contributed by atoms with Crippen molar-refractivity contribution in [2.24, 2.45) is 0 Å². The fraction of sp³-hybridized carbons (Fsp3) is 0.944. The summed E-state index contributed by atoms with van der Waals surface area (Å²) in [6.07, 6.45) is 6.46. The van der Waals surface area contributed by atoms with Crippen molar-refractivity contribution in [3.63, 3.8) is 0 Å². The minimum Gasteiger partial charge on any atom is -0.374 e. The molecule has 0 unspecified atom stereocenters. The van der Waals surface area contributed by atoms with E-state index in [-0.39, 0.29) is 0 Å². The normalized spacial score (nSPS) is 11.8. The highest BCUT2D eigenvalue weighted by Gasteiger charge is 2.39. The third kappa shape index (κ3) is 14.2. The highest BCUT2D eigenvalue weighted by molar-refractivity contribution is 8.14. The predicted molar refractivity (Wildman–Crippen MR) is 114 cm³/mol. The SMILES string of the molecule is CCCCCCC(=O)SCCSCCC[Si](OCC)(OCC)OCC. The van der Waals surface area contributed by atoms with Crippen molar-refractivity contribution < 1.29 is 18.1 Å².